The van der Waals surface area contributed by atoms with Gasteiger partial charge in [0.1, 0.15) is 5.82 Å². The highest BCUT2D eigenvalue weighted by Gasteiger charge is 2.49. The van der Waals surface area contributed by atoms with E-state index in [-0.39, 0.29) is 17.8 Å². The zero-order valence-corrected chi connectivity index (χ0v) is 16.5. The van der Waals surface area contributed by atoms with Crippen LogP contribution in [-0.4, -0.2) is 41.9 Å². The number of likely N-dealkylation sites (tertiary alicyclic amines) is 2. The fraction of sp³-hybridized carbons (Fsp3) is 0.435. The number of rotatable bonds is 4. The van der Waals surface area contributed by atoms with E-state index in [1.165, 1.54) is 25.5 Å². The van der Waals surface area contributed by atoms with E-state index in [2.05, 4.69) is 4.90 Å². The largest absolute Gasteiger partial charge is 0.331 e. The maximum absolute atomic E-state index is 14.0. The van der Waals surface area contributed by atoms with E-state index in [0.29, 0.717) is 22.4 Å². The molecule has 2 heterocycles. The maximum Gasteiger partial charge on any atom is 0.254 e. The van der Waals surface area contributed by atoms with Crippen molar-refractivity contribution in [2.75, 3.05) is 26.2 Å². The summed E-state index contributed by atoms with van der Waals surface area (Å²) in [6.07, 6.45) is 2.69. The molecule has 3 nitrogen and oxygen atoms in total. The molecule has 2 aromatic carbocycles. The molecule has 2 aliphatic heterocycles. The number of carbonyl (C=O) groups is 1. The van der Waals surface area contributed by atoms with Crippen molar-refractivity contribution in [2.24, 2.45) is 17.8 Å². The summed E-state index contributed by atoms with van der Waals surface area (Å²) in [5, 5.41) is 0.558. The second-order valence-electron chi connectivity index (χ2n) is 8.55. The van der Waals surface area contributed by atoms with Gasteiger partial charge in [0.15, 0.2) is 0 Å². The molecular formula is C23H24ClFN2O. The zero-order chi connectivity index (χ0) is 19.3. The summed E-state index contributed by atoms with van der Waals surface area (Å²) in [5.41, 5.74) is 1.50. The fourth-order valence-corrected chi connectivity index (χ4v) is 5.26. The van der Waals surface area contributed by atoms with Crippen LogP contribution in [0.3, 0.4) is 0 Å². The van der Waals surface area contributed by atoms with E-state index < -0.39 is 0 Å². The summed E-state index contributed by atoms with van der Waals surface area (Å²) < 4.78 is 14.0. The smallest absolute Gasteiger partial charge is 0.254 e. The van der Waals surface area contributed by atoms with Crippen LogP contribution in [-0.2, 0) is 0 Å². The standard InChI is InChI=1S/C23H24ClFN2O/c24-19-5-1-4-17(9-19)23(28)27-13-18-12-26(11-15-7-8-15)14-21(18)22(27)16-3-2-6-20(25)10-16/h1-6,9-10,15,18,21-22H,7-8,11-14H2/t18-,21-,22-/m0/s1. The molecule has 2 saturated heterocycles. The lowest BCUT2D eigenvalue weighted by Gasteiger charge is -2.30. The highest BCUT2D eigenvalue weighted by molar-refractivity contribution is 6.30. The van der Waals surface area contributed by atoms with Crippen molar-refractivity contribution in [2.45, 2.75) is 18.9 Å². The predicted molar refractivity (Wildman–Crippen MR) is 108 cm³/mol. The summed E-state index contributed by atoms with van der Waals surface area (Å²) >= 11 is 6.11. The number of benzene rings is 2. The Bertz CT molecular complexity index is 900. The van der Waals surface area contributed by atoms with Crippen molar-refractivity contribution >= 4 is 17.5 Å². The van der Waals surface area contributed by atoms with Crippen molar-refractivity contribution in [3.05, 3.63) is 70.5 Å². The first kappa shape index (κ1) is 18.1. The lowest BCUT2D eigenvalue weighted by molar-refractivity contribution is 0.0700. The van der Waals surface area contributed by atoms with E-state index in [1.54, 1.807) is 30.3 Å². The fourth-order valence-electron chi connectivity index (χ4n) is 5.07. The Labute approximate surface area is 170 Å². The first-order valence-electron chi connectivity index (χ1n) is 10.1. The van der Waals surface area contributed by atoms with Gasteiger partial charge in [0, 0.05) is 42.7 Å². The molecule has 0 aromatic heterocycles. The van der Waals surface area contributed by atoms with Crippen molar-refractivity contribution in [3.8, 4) is 0 Å². The van der Waals surface area contributed by atoms with E-state index in [0.717, 1.165) is 31.1 Å². The molecule has 0 bridgehead atoms. The first-order valence-corrected chi connectivity index (χ1v) is 10.5. The SMILES string of the molecule is O=C(c1cccc(Cl)c1)N1C[C@@H]2CN(CC3CC3)C[C@@H]2[C@@H]1c1cccc(F)c1. The molecule has 0 N–H and O–H groups in total. The second kappa shape index (κ2) is 7.16. The topological polar surface area (TPSA) is 23.6 Å². The van der Waals surface area contributed by atoms with Crippen molar-refractivity contribution in [3.63, 3.8) is 0 Å². The number of hydrogen-bond donors (Lipinski definition) is 0. The van der Waals surface area contributed by atoms with Crippen molar-refractivity contribution < 1.29 is 9.18 Å². The molecule has 1 aliphatic carbocycles. The van der Waals surface area contributed by atoms with Crippen LogP contribution >= 0.6 is 11.6 Å². The lowest BCUT2D eigenvalue weighted by atomic mass is 9.89. The van der Waals surface area contributed by atoms with Gasteiger partial charge in [-0.25, -0.2) is 4.39 Å². The van der Waals surface area contributed by atoms with Gasteiger partial charge in [-0.3, -0.25) is 4.79 Å². The Balaban J connectivity index is 1.45. The third-order valence-corrected chi connectivity index (χ3v) is 6.71. The van der Waals surface area contributed by atoms with Gasteiger partial charge in [-0.1, -0.05) is 29.8 Å². The van der Waals surface area contributed by atoms with Crippen LogP contribution < -0.4 is 0 Å². The molecular weight excluding hydrogens is 375 g/mol. The quantitative estimate of drug-likeness (QED) is 0.749. The molecule has 3 aliphatic rings. The number of hydrogen-bond acceptors (Lipinski definition) is 2. The van der Waals surface area contributed by atoms with Crippen molar-refractivity contribution in [1.29, 1.82) is 0 Å². The van der Waals surface area contributed by atoms with Gasteiger partial charge in [0.25, 0.3) is 5.91 Å². The van der Waals surface area contributed by atoms with Crippen LogP contribution in [0.4, 0.5) is 4.39 Å². The summed E-state index contributed by atoms with van der Waals surface area (Å²) in [6.45, 7) is 3.91. The predicted octanol–water partition coefficient (Wildman–Crippen LogP) is 4.63. The third-order valence-electron chi connectivity index (χ3n) is 6.48. The number of carbonyl (C=O) groups excluding carboxylic acids is 1. The Hall–Kier alpha value is -1.91. The average Bonchev–Trinajstić information content (AvgIpc) is 3.29. The molecule has 0 unspecified atom stereocenters. The van der Waals surface area contributed by atoms with Crippen LogP contribution in [0.25, 0.3) is 0 Å². The van der Waals surface area contributed by atoms with Gasteiger partial charge in [0.2, 0.25) is 0 Å². The normalized spacial score (nSPS) is 27.2. The van der Waals surface area contributed by atoms with Gasteiger partial charge in [0.05, 0.1) is 6.04 Å². The molecule has 1 saturated carbocycles. The Morgan fingerprint density at radius 3 is 2.64 bits per heavy atom. The van der Waals surface area contributed by atoms with Crippen LogP contribution in [0.15, 0.2) is 48.5 Å². The van der Waals surface area contributed by atoms with Gasteiger partial charge in [-0.2, -0.15) is 0 Å². The molecule has 0 spiro atoms. The minimum atomic E-state index is -0.246. The minimum Gasteiger partial charge on any atom is -0.331 e. The second-order valence-corrected chi connectivity index (χ2v) is 8.99. The van der Waals surface area contributed by atoms with Crippen LogP contribution in [0.5, 0.6) is 0 Å². The van der Waals surface area contributed by atoms with Gasteiger partial charge < -0.3 is 9.80 Å². The molecule has 0 radical (unpaired) electrons. The summed E-state index contributed by atoms with van der Waals surface area (Å²) in [6, 6.07) is 13.8. The monoisotopic (exact) mass is 398 g/mol. The van der Waals surface area contributed by atoms with Gasteiger partial charge in [-0.15, -0.1) is 0 Å². The summed E-state index contributed by atoms with van der Waals surface area (Å²) in [5.74, 6) is 1.39. The van der Waals surface area contributed by atoms with Crippen LogP contribution in [0.2, 0.25) is 5.02 Å². The van der Waals surface area contributed by atoms with Crippen LogP contribution in [0, 0.1) is 23.6 Å². The van der Waals surface area contributed by atoms with Gasteiger partial charge >= 0.3 is 0 Å². The molecule has 1 amide bonds. The molecule has 146 valence electrons. The Morgan fingerprint density at radius 2 is 1.89 bits per heavy atom. The molecule has 3 atom stereocenters. The molecule has 3 fully saturated rings. The average molecular weight is 399 g/mol. The number of amides is 1. The van der Waals surface area contributed by atoms with E-state index in [1.807, 2.05) is 17.0 Å². The van der Waals surface area contributed by atoms with E-state index >= 15 is 0 Å². The highest BCUT2D eigenvalue weighted by Crippen LogP contribution is 2.46. The number of fused-ring (bicyclic) bond motifs is 1. The van der Waals surface area contributed by atoms with E-state index in [4.69, 9.17) is 11.6 Å². The van der Waals surface area contributed by atoms with Crippen LogP contribution in [0.1, 0.15) is 34.8 Å². The number of halogens is 2. The van der Waals surface area contributed by atoms with Gasteiger partial charge in [-0.05, 0) is 60.6 Å². The zero-order valence-electron chi connectivity index (χ0n) is 15.7. The molecule has 28 heavy (non-hydrogen) atoms. The number of nitrogens with zero attached hydrogens (tertiary/aromatic N) is 2. The Kier molecular flexibility index (Phi) is 4.64. The molecule has 5 rings (SSSR count). The minimum absolute atomic E-state index is 0.0140. The van der Waals surface area contributed by atoms with Crippen molar-refractivity contribution in [1.82, 2.24) is 9.80 Å². The Morgan fingerprint density at radius 1 is 1.07 bits per heavy atom. The summed E-state index contributed by atoms with van der Waals surface area (Å²) in [4.78, 5) is 17.8. The molecule has 5 heteroatoms. The highest BCUT2D eigenvalue weighted by atomic mass is 35.5. The third kappa shape index (κ3) is 3.44. The molecule has 2 aromatic rings. The van der Waals surface area contributed by atoms with E-state index in [9.17, 15) is 9.18 Å². The lowest BCUT2D eigenvalue weighted by Crippen LogP contribution is -2.36. The first-order chi connectivity index (χ1) is 13.6. The summed E-state index contributed by atoms with van der Waals surface area (Å²) in [7, 11) is 0. The maximum atomic E-state index is 14.0.